The zero-order valence-corrected chi connectivity index (χ0v) is 15.2. The summed E-state index contributed by atoms with van der Waals surface area (Å²) in [6.07, 6.45) is 0.880. The largest absolute Gasteiger partial charge is 0.333 e. The van der Waals surface area contributed by atoms with Gasteiger partial charge in [-0.1, -0.05) is 34.6 Å². The number of carbonyl (C=O) groups is 2. The third-order valence-corrected chi connectivity index (χ3v) is 3.98. The van der Waals surface area contributed by atoms with Crippen LogP contribution in [0.1, 0.15) is 46.7 Å². The Morgan fingerprint density at radius 3 is 2.45 bits per heavy atom. The van der Waals surface area contributed by atoms with Gasteiger partial charge in [-0.05, 0) is 19.3 Å². The maximum absolute atomic E-state index is 12.5. The Morgan fingerprint density at radius 1 is 1.36 bits per heavy atom. The van der Waals surface area contributed by atoms with Gasteiger partial charge in [0.2, 0.25) is 11.8 Å². The average Bonchev–Trinajstić information content (AvgIpc) is 2.77. The number of aryl methyl sites for hydroxylation is 1. The van der Waals surface area contributed by atoms with Crippen LogP contribution in [-0.4, -0.2) is 34.8 Å². The SMILES string of the molecule is Cc1csc(NC(=O)CN(CCC(C)C)C(=O)C(C)(C)C)n1. The third-order valence-electron chi connectivity index (χ3n) is 3.11. The highest BCUT2D eigenvalue weighted by Crippen LogP contribution is 2.19. The van der Waals surface area contributed by atoms with E-state index in [0.29, 0.717) is 17.6 Å². The number of anilines is 1. The first-order valence-electron chi connectivity index (χ1n) is 7.61. The minimum Gasteiger partial charge on any atom is -0.333 e. The fourth-order valence-electron chi connectivity index (χ4n) is 1.88. The molecule has 0 aliphatic carbocycles. The van der Waals surface area contributed by atoms with Crippen LogP contribution in [-0.2, 0) is 9.59 Å². The smallest absolute Gasteiger partial charge is 0.245 e. The van der Waals surface area contributed by atoms with Crippen LogP contribution >= 0.6 is 11.3 Å². The molecule has 1 heterocycles. The van der Waals surface area contributed by atoms with E-state index in [0.717, 1.165) is 12.1 Å². The lowest BCUT2D eigenvalue weighted by Gasteiger charge is -2.29. The van der Waals surface area contributed by atoms with E-state index in [1.807, 2.05) is 33.1 Å². The number of aromatic nitrogens is 1. The van der Waals surface area contributed by atoms with Gasteiger partial charge in [0.25, 0.3) is 0 Å². The Kier molecular flexibility index (Phi) is 6.53. The first kappa shape index (κ1) is 18.6. The van der Waals surface area contributed by atoms with Crippen LogP contribution in [0.4, 0.5) is 5.13 Å². The van der Waals surface area contributed by atoms with Crippen molar-refractivity contribution in [2.24, 2.45) is 11.3 Å². The minimum atomic E-state index is -0.491. The fourth-order valence-corrected chi connectivity index (χ4v) is 2.59. The summed E-state index contributed by atoms with van der Waals surface area (Å²) < 4.78 is 0. The summed E-state index contributed by atoms with van der Waals surface area (Å²) >= 11 is 1.39. The summed E-state index contributed by atoms with van der Waals surface area (Å²) in [4.78, 5) is 30.5. The highest BCUT2D eigenvalue weighted by molar-refractivity contribution is 7.13. The molecular weight excluding hydrogens is 298 g/mol. The molecule has 22 heavy (non-hydrogen) atoms. The van der Waals surface area contributed by atoms with Gasteiger partial charge in [0.15, 0.2) is 5.13 Å². The minimum absolute atomic E-state index is 0.00128. The van der Waals surface area contributed by atoms with Gasteiger partial charge in [0, 0.05) is 17.3 Å². The van der Waals surface area contributed by atoms with Crippen molar-refractivity contribution in [3.05, 3.63) is 11.1 Å². The number of amides is 2. The van der Waals surface area contributed by atoms with Crippen molar-refractivity contribution in [3.63, 3.8) is 0 Å². The van der Waals surface area contributed by atoms with Crippen molar-refractivity contribution >= 4 is 28.3 Å². The molecule has 0 atom stereocenters. The van der Waals surface area contributed by atoms with Gasteiger partial charge in [0.1, 0.15) is 0 Å². The topological polar surface area (TPSA) is 62.3 Å². The average molecular weight is 325 g/mol. The Morgan fingerprint density at radius 2 is 2.00 bits per heavy atom. The Balaban J connectivity index is 2.70. The summed E-state index contributed by atoms with van der Waals surface area (Å²) in [6, 6.07) is 0. The van der Waals surface area contributed by atoms with Crippen molar-refractivity contribution in [2.75, 3.05) is 18.4 Å². The van der Waals surface area contributed by atoms with E-state index in [2.05, 4.69) is 24.1 Å². The van der Waals surface area contributed by atoms with E-state index in [4.69, 9.17) is 0 Å². The van der Waals surface area contributed by atoms with E-state index in [1.165, 1.54) is 11.3 Å². The van der Waals surface area contributed by atoms with Crippen molar-refractivity contribution in [1.29, 1.82) is 0 Å². The molecule has 2 amide bonds. The highest BCUT2D eigenvalue weighted by Gasteiger charge is 2.28. The first-order valence-corrected chi connectivity index (χ1v) is 8.49. The van der Waals surface area contributed by atoms with E-state index in [-0.39, 0.29) is 18.4 Å². The summed E-state index contributed by atoms with van der Waals surface area (Å²) in [7, 11) is 0. The lowest BCUT2D eigenvalue weighted by molar-refractivity contribution is -0.142. The molecule has 6 heteroatoms. The number of carbonyl (C=O) groups excluding carboxylic acids is 2. The highest BCUT2D eigenvalue weighted by atomic mass is 32.1. The second kappa shape index (κ2) is 7.72. The van der Waals surface area contributed by atoms with E-state index < -0.39 is 5.41 Å². The maximum Gasteiger partial charge on any atom is 0.245 e. The molecule has 0 spiro atoms. The van der Waals surface area contributed by atoms with Gasteiger partial charge < -0.3 is 10.2 Å². The van der Waals surface area contributed by atoms with Gasteiger partial charge in [-0.2, -0.15) is 0 Å². The van der Waals surface area contributed by atoms with Crippen LogP contribution in [0.25, 0.3) is 0 Å². The maximum atomic E-state index is 12.5. The number of nitrogens with zero attached hydrogens (tertiary/aromatic N) is 2. The van der Waals surface area contributed by atoms with Gasteiger partial charge in [-0.25, -0.2) is 4.98 Å². The second-order valence-electron chi connectivity index (χ2n) is 7.00. The van der Waals surface area contributed by atoms with Crippen molar-refractivity contribution in [3.8, 4) is 0 Å². The molecule has 0 saturated heterocycles. The molecule has 0 unspecified atom stereocenters. The fraction of sp³-hybridized carbons (Fsp3) is 0.688. The third kappa shape index (κ3) is 6.13. The number of nitrogens with one attached hydrogen (secondary N) is 1. The number of hydrogen-bond donors (Lipinski definition) is 1. The molecule has 0 aliphatic rings. The van der Waals surface area contributed by atoms with Crippen molar-refractivity contribution < 1.29 is 9.59 Å². The molecule has 124 valence electrons. The molecule has 1 aromatic rings. The summed E-state index contributed by atoms with van der Waals surface area (Å²) in [5, 5.41) is 5.22. The zero-order valence-electron chi connectivity index (χ0n) is 14.4. The number of rotatable bonds is 6. The van der Waals surface area contributed by atoms with E-state index in [9.17, 15) is 9.59 Å². The Bertz CT molecular complexity index is 518. The molecule has 0 bridgehead atoms. The van der Waals surface area contributed by atoms with Crippen LogP contribution in [0.5, 0.6) is 0 Å². The normalized spacial score (nSPS) is 11.6. The Labute approximate surface area is 137 Å². The van der Waals surface area contributed by atoms with Gasteiger partial charge in [-0.3, -0.25) is 9.59 Å². The van der Waals surface area contributed by atoms with Gasteiger partial charge >= 0.3 is 0 Å². The molecule has 1 aromatic heterocycles. The van der Waals surface area contributed by atoms with Gasteiger partial charge in [0.05, 0.1) is 12.2 Å². The predicted molar refractivity (Wildman–Crippen MR) is 91.0 cm³/mol. The van der Waals surface area contributed by atoms with E-state index >= 15 is 0 Å². The van der Waals surface area contributed by atoms with Crippen LogP contribution < -0.4 is 5.32 Å². The van der Waals surface area contributed by atoms with E-state index in [1.54, 1.807) is 4.90 Å². The summed E-state index contributed by atoms with van der Waals surface area (Å²) in [5.74, 6) is 0.286. The predicted octanol–water partition coefficient (Wildman–Crippen LogP) is 3.31. The zero-order chi connectivity index (χ0) is 16.9. The molecule has 1 rings (SSSR count). The lowest BCUT2D eigenvalue weighted by atomic mass is 9.94. The first-order chi connectivity index (χ1) is 10.1. The van der Waals surface area contributed by atoms with Crippen molar-refractivity contribution in [1.82, 2.24) is 9.88 Å². The molecule has 0 saturated carbocycles. The lowest BCUT2D eigenvalue weighted by Crippen LogP contribution is -2.44. The number of thiazole rings is 1. The molecule has 0 aliphatic heterocycles. The van der Waals surface area contributed by atoms with Crippen LogP contribution in [0, 0.1) is 18.3 Å². The summed E-state index contributed by atoms with van der Waals surface area (Å²) in [6.45, 7) is 12.4. The molecule has 0 radical (unpaired) electrons. The standard InChI is InChI=1S/C16H27N3O2S/c1-11(2)7-8-19(14(21)16(4,5)6)9-13(20)18-15-17-12(3)10-22-15/h10-11H,7-9H2,1-6H3,(H,17,18,20). The van der Waals surface area contributed by atoms with Crippen LogP contribution in [0.2, 0.25) is 0 Å². The molecule has 1 N–H and O–H groups in total. The molecule has 5 nitrogen and oxygen atoms in total. The van der Waals surface area contributed by atoms with Crippen LogP contribution in [0.15, 0.2) is 5.38 Å². The molecule has 0 aromatic carbocycles. The van der Waals surface area contributed by atoms with Gasteiger partial charge in [-0.15, -0.1) is 11.3 Å². The molecule has 0 fully saturated rings. The number of hydrogen-bond acceptors (Lipinski definition) is 4. The monoisotopic (exact) mass is 325 g/mol. The second-order valence-corrected chi connectivity index (χ2v) is 7.86. The summed E-state index contributed by atoms with van der Waals surface area (Å²) in [5.41, 5.74) is 0.386. The van der Waals surface area contributed by atoms with Crippen LogP contribution in [0.3, 0.4) is 0 Å². The van der Waals surface area contributed by atoms with Crippen molar-refractivity contribution in [2.45, 2.75) is 48.0 Å². The Hall–Kier alpha value is -1.43. The quantitative estimate of drug-likeness (QED) is 0.873. The molecular formula is C16H27N3O2S.